The van der Waals surface area contributed by atoms with Crippen LogP contribution in [0.15, 0.2) is 95.0 Å². The lowest BCUT2D eigenvalue weighted by atomic mass is 10.2. The summed E-state index contributed by atoms with van der Waals surface area (Å²) in [7, 11) is -3.54. The zero-order valence-electron chi connectivity index (χ0n) is 19.0. The third-order valence-electron chi connectivity index (χ3n) is 5.20. The van der Waals surface area contributed by atoms with E-state index in [1.54, 1.807) is 42.1 Å². The second-order valence-electron chi connectivity index (χ2n) is 7.86. The van der Waals surface area contributed by atoms with Crippen LogP contribution in [0.25, 0.3) is 5.69 Å². The van der Waals surface area contributed by atoms with Gasteiger partial charge in [0.15, 0.2) is 20.8 Å². The van der Waals surface area contributed by atoms with Gasteiger partial charge in [0.25, 0.3) is 0 Å². The molecule has 0 radical (unpaired) electrons. The molecule has 1 heterocycles. The number of aromatic nitrogens is 3. The Labute approximate surface area is 204 Å². The van der Waals surface area contributed by atoms with Gasteiger partial charge in [-0.25, -0.2) is 8.42 Å². The van der Waals surface area contributed by atoms with Crippen LogP contribution in [-0.2, 0) is 15.6 Å². The first-order valence-electron chi connectivity index (χ1n) is 11.1. The van der Waals surface area contributed by atoms with Crippen LogP contribution in [0.1, 0.15) is 24.2 Å². The first-order valence-corrected chi connectivity index (χ1v) is 13.8. The van der Waals surface area contributed by atoms with Gasteiger partial charge < -0.3 is 4.74 Å². The molecule has 4 rings (SSSR count). The van der Waals surface area contributed by atoms with E-state index in [1.165, 1.54) is 5.56 Å². The van der Waals surface area contributed by atoms with Crippen molar-refractivity contribution in [2.24, 2.45) is 0 Å². The van der Waals surface area contributed by atoms with Gasteiger partial charge in [0, 0.05) is 11.4 Å². The van der Waals surface area contributed by atoms with Gasteiger partial charge in [0.2, 0.25) is 0 Å². The van der Waals surface area contributed by atoms with Crippen molar-refractivity contribution >= 4 is 21.6 Å². The second-order valence-corrected chi connectivity index (χ2v) is 10.9. The van der Waals surface area contributed by atoms with E-state index >= 15 is 0 Å². The van der Waals surface area contributed by atoms with Crippen LogP contribution in [0.2, 0.25) is 0 Å². The highest BCUT2D eigenvalue weighted by atomic mass is 32.2. The normalized spacial score (nSPS) is 11.4. The van der Waals surface area contributed by atoms with E-state index in [9.17, 15) is 8.42 Å². The van der Waals surface area contributed by atoms with Gasteiger partial charge in [-0.15, -0.1) is 10.2 Å². The number of ether oxygens (including phenoxy) is 1. The molecular weight excluding hydrogens is 466 g/mol. The maximum atomic E-state index is 13.0. The fourth-order valence-corrected chi connectivity index (χ4v) is 5.63. The molecular formula is C26H27N3O3S2. The number of rotatable bonds is 11. The van der Waals surface area contributed by atoms with Crippen LogP contribution < -0.4 is 4.74 Å². The van der Waals surface area contributed by atoms with E-state index in [2.05, 4.69) is 17.1 Å². The minimum atomic E-state index is -3.54. The van der Waals surface area contributed by atoms with Crippen molar-refractivity contribution in [1.29, 1.82) is 0 Å². The van der Waals surface area contributed by atoms with Crippen molar-refractivity contribution in [1.82, 2.24) is 14.8 Å². The Balaban J connectivity index is 1.41. The molecule has 34 heavy (non-hydrogen) atoms. The lowest BCUT2D eigenvalue weighted by molar-refractivity contribution is 0.310. The summed E-state index contributed by atoms with van der Waals surface area (Å²) in [6, 6.07) is 26.1. The van der Waals surface area contributed by atoms with Gasteiger partial charge in [-0.3, -0.25) is 4.57 Å². The molecule has 6 nitrogen and oxygen atoms in total. The molecule has 0 bridgehead atoms. The molecule has 0 amide bonds. The quantitative estimate of drug-likeness (QED) is 0.203. The molecule has 0 aliphatic carbocycles. The van der Waals surface area contributed by atoms with Crippen molar-refractivity contribution in [3.05, 3.63) is 96.3 Å². The van der Waals surface area contributed by atoms with Gasteiger partial charge >= 0.3 is 0 Å². The number of unbranched alkanes of at least 4 members (excludes halogenated alkanes) is 1. The Morgan fingerprint density at radius 2 is 1.53 bits per heavy atom. The van der Waals surface area contributed by atoms with Crippen molar-refractivity contribution < 1.29 is 13.2 Å². The van der Waals surface area contributed by atoms with Crippen LogP contribution in [0.5, 0.6) is 5.75 Å². The zero-order valence-corrected chi connectivity index (χ0v) is 20.6. The first-order chi connectivity index (χ1) is 16.5. The van der Waals surface area contributed by atoms with E-state index in [0.717, 1.165) is 30.0 Å². The Hall–Kier alpha value is -3.10. The molecule has 3 aromatic carbocycles. The summed E-state index contributed by atoms with van der Waals surface area (Å²) in [6.07, 6.45) is 1.85. The number of para-hydroxylation sites is 1. The number of benzene rings is 3. The molecule has 0 fully saturated rings. The number of hydrogen-bond donors (Lipinski definition) is 0. The topological polar surface area (TPSA) is 74.1 Å². The molecule has 0 aliphatic heterocycles. The fourth-order valence-electron chi connectivity index (χ4n) is 3.40. The summed E-state index contributed by atoms with van der Waals surface area (Å²) in [5.41, 5.74) is 2.05. The van der Waals surface area contributed by atoms with Gasteiger partial charge in [-0.1, -0.05) is 65.9 Å². The maximum absolute atomic E-state index is 13.0. The van der Waals surface area contributed by atoms with Crippen molar-refractivity contribution in [3.63, 3.8) is 0 Å². The third kappa shape index (κ3) is 6.27. The molecule has 0 saturated heterocycles. The van der Waals surface area contributed by atoms with Crippen molar-refractivity contribution in [3.8, 4) is 11.4 Å². The fraction of sp³-hybridized carbons (Fsp3) is 0.231. The number of aryl methyl sites for hydroxylation is 1. The average molecular weight is 494 g/mol. The summed E-state index contributed by atoms with van der Waals surface area (Å²) >= 11 is 1.57. The molecule has 0 spiro atoms. The lowest BCUT2D eigenvalue weighted by Crippen LogP contribution is -2.11. The van der Waals surface area contributed by atoms with E-state index in [1.807, 2.05) is 59.2 Å². The Morgan fingerprint density at radius 3 is 2.24 bits per heavy atom. The molecule has 8 heteroatoms. The van der Waals surface area contributed by atoms with Crippen LogP contribution in [0, 0.1) is 6.92 Å². The Bertz CT molecular complexity index is 1290. The maximum Gasteiger partial charge on any atom is 0.195 e. The molecule has 0 atom stereocenters. The molecule has 1 aromatic heterocycles. The summed E-state index contributed by atoms with van der Waals surface area (Å²) in [4.78, 5) is 0.278. The minimum Gasteiger partial charge on any atom is -0.494 e. The summed E-state index contributed by atoms with van der Waals surface area (Å²) in [5.74, 6) is 1.89. The van der Waals surface area contributed by atoms with Crippen LogP contribution in [0.3, 0.4) is 0 Å². The molecule has 0 saturated carbocycles. The van der Waals surface area contributed by atoms with Crippen LogP contribution in [0.4, 0.5) is 0 Å². The van der Waals surface area contributed by atoms with Gasteiger partial charge in [-0.05, 0) is 56.2 Å². The molecule has 0 aliphatic rings. The Kier molecular flexibility index (Phi) is 8.03. The van der Waals surface area contributed by atoms with E-state index in [0.29, 0.717) is 17.6 Å². The smallest absolute Gasteiger partial charge is 0.195 e. The number of thioether (sulfide) groups is 1. The largest absolute Gasteiger partial charge is 0.494 e. The zero-order chi connectivity index (χ0) is 23.8. The first kappa shape index (κ1) is 24.0. The monoisotopic (exact) mass is 493 g/mol. The highest BCUT2D eigenvalue weighted by molar-refractivity contribution is 7.99. The van der Waals surface area contributed by atoms with Gasteiger partial charge in [-0.2, -0.15) is 0 Å². The van der Waals surface area contributed by atoms with Crippen molar-refractivity contribution in [2.45, 2.75) is 35.6 Å². The standard InChI is InChI=1S/C26H27N3O3S2/c1-21-14-16-23(17-15-21)32-18-8-9-19-33-26-28-27-25(29(26)22-10-4-2-5-11-22)20-34(30,31)24-12-6-3-7-13-24/h2-7,10-17H,8-9,18-20H2,1H3. The lowest BCUT2D eigenvalue weighted by Gasteiger charge is -2.11. The molecule has 176 valence electrons. The van der Waals surface area contributed by atoms with Crippen LogP contribution in [-0.4, -0.2) is 35.5 Å². The highest BCUT2D eigenvalue weighted by Gasteiger charge is 2.22. The minimum absolute atomic E-state index is 0.218. The van der Waals surface area contributed by atoms with Crippen molar-refractivity contribution in [2.75, 3.05) is 12.4 Å². The summed E-state index contributed by atoms with van der Waals surface area (Å²) < 4.78 is 33.6. The van der Waals surface area contributed by atoms with Gasteiger partial charge in [0.1, 0.15) is 11.5 Å². The number of sulfone groups is 1. The average Bonchev–Trinajstić information content (AvgIpc) is 3.25. The third-order valence-corrected chi connectivity index (χ3v) is 7.84. The SMILES string of the molecule is Cc1ccc(OCCCCSc2nnc(CS(=O)(=O)c3ccccc3)n2-c2ccccc2)cc1. The molecule has 0 unspecified atom stereocenters. The van der Waals surface area contributed by atoms with E-state index in [4.69, 9.17) is 4.74 Å². The highest BCUT2D eigenvalue weighted by Crippen LogP contribution is 2.25. The predicted molar refractivity (Wildman–Crippen MR) is 135 cm³/mol. The van der Waals surface area contributed by atoms with Crippen LogP contribution >= 0.6 is 11.8 Å². The summed E-state index contributed by atoms with van der Waals surface area (Å²) in [6.45, 7) is 2.70. The van der Waals surface area contributed by atoms with E-state index < -0.39 is 9.84 Å². The number of hydrogen-bond acceptors (Lipinski definition) is 6. The van der Waals surface area contributed by atoms with Gasteiger partial charge in [0.05, 0.1) is 11.5 Å². The second kappa shape index (κ2) is 11.4. The number of nitrogens with zero attached hydrogens (tertiary/aromatic N) is 3. The van der Waals surface area contributed by atoms with E-state index in [-0.39, 0.29) is 10.6 Å². The Morgan fingerprint density at radius 1 is 0.853 bits per heavy atom. The predicted octanol–water partition coefficient (Wildman–Crippen LogP) is 5.50. The molecule has 4 aromatic rings. The molecule has 0 N–H and O–H groups in total. The summed E-state index contributed by atoms with van der Waals surface area (Å²) in [5, 5.41) is 9.26.